The lowest BCUT2D eigenvalue weighted by Gasteiger charge is -2.19. The molecule has 0 unspecified atom stereocenters. The third kappa shape index (κ3) is 6.12. The highest BCUT2D eigenvalue weighted by Gasteiger charge is 2.22. The highest BCUT2D eigenvalue weighted by Crippen LogP contribution is 2.32. The molecular formula is C24H24ClN3O5S. The molecule has 1 aromatic heterocycles. The van der Waals surface area contributed by atoms with Crippen molar-refractivity contribution in [3.05, 3.63) is 71.5 Å². The van der Waals surface area contributed by atoms with Crippen LogP contribution in [0.4, 0.5) is 10.5 Å². The second-order valence-electron chi connectivity index (χ2n) is 8.42. The van der Waals surface area contributed by atoms with Gasteiger partial charge in [-0.3, -0.25) is 9.36 Å². The van der Waals surface area contributed by atoms with Crippen LogP contribution in [-0.4, -0.2) is 37.3 Å². The maximum atomic E-state index is 12.6. The van der Waals surface area contributed by atoms with E-state index in [0.717, 1.165) is 0 Å². The van der Waals surface area contributed by atoms with Crippen LogP contribution in [0.25, 0.3) is 11.1 Å². The molecule has 0 aliphatic carbocycles. The van der Waals surface area contributed by atoms with Crippen molar-refractivity contribution >= 4 is 46.0 Å². The number of carbonyl (C=O) groups excluding carboxylic acids is 2. The minimum Gasteiger partial charge on any atom is -0.443 e. The van der Waals surface area contributed by atoms with E-state index in [-0.39, 0.29) is 22.9 Å². The summed E-state index contributed by atoms with van der Waals surface area (Å²) in [6.45, 7) is 8.39. The number of ether oxygens (including phenoxy) is 1. The molecule has 1 amide bonds. The first-order valence-electron chi connectivity index (χ1n) is 10.2. The number of amides is 1. The first-order valence-corrected chi connectivity index (χ1v) is 12.0. The van der Waals surface area contributed by atoms with Crippen molar-refractivity contribution in [2.24, 2.45) is 4.40 Å². The van der Waals surface area contributed by atoms with Crippen molar-refractivity contribution in [1.29, 1.82) is 0 Å². The number of hydrogen-bond donors (Lipinski definition) is 1. The normalized spacial score (nSPS) is 11.6. The summed E-state index contributed by atoms with van der Waals surface area (Å²) in [6, 6.07) is 12.9. The Hall–Kier alpha value is -3.43. The molecule has 10 heteroatoms. The van der Waals surface area contributed by atoms with Gasteiger partial charge in [0.05, 0.1) is 11.3 Å². The first kappa shape index (κ1) is 25.2. The Balaban J connectivity index is 1.91. The van der Waals surface area contributed by atoms with Gasteiger partial charge in [-0.1, -0.05) is 35.9 Å². The fourth-order valence-electron chi connectivity index (χ4n) is 3.13. The monoisotopic (exact) mass is 501 g/mol. The standard InChI is InChI=1S/C24H24ClN3O5S/c1-24(2,3)33-23(30)28-12-11-17(15-28)19-10-9-18(14-21(19)34(31,32)26-4)27-22(29)13-16-7-5-6-8-20(16)25/h5-12,14-15H,4,13H2,1-3H3,(H,27,29). The van der Waals surface area contributed by atoms with Crippen molar-refractivity contribution in [3.8, 4) is 11.1 Å². The zero-order valence-corrected chi connectivity index (χ0v) is 20.5. The predicted molar refractivity (Wildman–Crippen MR) is 132 cm³/mol. The smallest absolute Gasteiger partial charge is 0.418 e. The van der Waals surface area contributed by atoms with E-state index in [9.17, 15) is 18.0 Å². The number of nitrogens with one attached hydrogen (secondary N) is 1. The maximum absolute atomic E-state index is 12.6. The third-order valence-corrected chi connectivity index (χ3v) is 6.23. The van der Waals surface area contributed by atoms with Gasteiger partial charge in [-0.25, -0.2) is 4.79 Å². The number of anilines is 1. The number of nitrogens with zero attached hydrogens (tertiary/aromatic N) is 2. The van der Waals surface area contributed by atoms with Gasteiger partial charge in [-0.05, 0) is 50.6 Å². The number of rotatable bonds is 6. The Bertz CT molecular complexity index is 1360. The van der Waals surface area contributed by atoms with Gasteiger partial charge in [-0.2, -0.15) is 12.8 Å². The van der Waals surface area contributed by atoms with E-state index in [2.05, 4.69) is 16.4 Å². The molecule has 0 radical (unpaired) electrons. The van der Waals surface area contributed by atoms with Crippen molar-refractivity contribution in [2.45, 2.75) is 37.7 Å². The summed E-state index contributed by atoms with van der Waals surface area (Å²) in [5, 5.41) is 3.14. The van der Waals surface area contributed by atoms with Crippen molar-refractivity contribution in [2.75, 3.05) is 5.32 Å². The third-order valence-electron chi connectivity index (χ3n) is 4.63. The molecule has 0 bridgehead atoms. The van der Waals surface area contributed by atoms with Crippen molar-refractivity contribution < 1.29 is 22.7 Å². The molecule has 0 saturated heterocycles. The van der Waals surface area contributed by atoms with Gasteiger partial charge in [0.1, 0.15) is 5.60 Å². The largest absolute Gasteiger partial charge is 0.443 e. The molecule has 1 N–H and O–H groups in total. The van der Waals surface area contributed by atoms with Crippen LogP contribution in [0.2, 0.25) is 5.02 Å². The highest BCUT2D eigenvalue weighted by molar-refractivity contribution is 7.90. The van der Waals surface area contributed by atoms with Crippen LogP contribution in [0.1, 0.15) is 26.3 Å². The Morgan fingerprint density at radius 1 is 1.15 bits per heavy atom. The highest BCUT2D eigenvalue weighted by atomic mass is 35.5. The number of halogens is 1. The summed E-state index contributed by atoms with van der Waals surface area (Å²) >= 11 is 6.11. The number of sulfonamides is 1. The molecule has 0 saturated carbocycles. The van der Waals surface area contributed by atoms with E-state index in [1.165, 1.54) is 29.1 Å². The van der Waals surface area contributed by atoms with Gasteiger partial charge in [-0.15, -0.1) is 0 Å². The SMILES string of the molecule is C=NS(=O)(=O)c1cc(NC(=O)Cc2ccccc2Cl)ccc1-c1ccn(C(=O)OC(C)(C)C)c1. The number of aromatic nitrogens is 1. The van der Waals surface area contributed by atoms with Gasteiger partial charge in [0.15, 0.2) is 0 Å². The fourth-order valence-corrected chi connectivity index (χ4v) is 4.21. The summed E-state index contributed by atoms with van der Waals surface area (Å²) in [7, 11) is -4.12. The molecule has 2 aromatic carbocycles. The zero-order valence-electron chi connectivity index (χ0n) is 18.9. The molecule has 0 spiro atoms. The van der Waals surface area contributed by atoms with E-state index >= 15 is 0 Å². The summed E-state index contributed by atoms with van der Waals surface area (Å²) < 4.78 is 35.1. The summed E-state index contributed by atoms with van der Waals surface area (Å²) in [5.74, 6) is -0.369. The molecule has 0 atom stereocenters. The number of carbonyl (C=O) groups is 2. The molecule has 178 valence electrons. The van der Waals surface area contributed by atoms with Gasteiger partial charge in [0.2, 0.25) is 5.91 Å². The quantitative estimate of drug-likeness (QED) is 0.469. The van der Waals surface area contributed by atoms with Crippen LogP contribution in [0.15, 0.2) is 70.2 Å². The molecule has 1 heterocycles. The lowest BCUT2D eigenvalue weighted by molar-refractivity contribution is -0.115. The van der Waals surface area contributed by atoms with Crippen molar-refractivity contribution in [3.63, 3.8) is 0 Å². The van der Waals surface area contributed by atoms with Gasteiger partial charge in [0, 0.05) is 40.9 Å². The molecule has 0 aliphatic rings. The van der Waals surface area contributed by atoms with Crippen LogP contribution in [0, 0.1) is 0 Å². The summed E-state index contributed by atoms with van der Waals surface area (Å²) in [5.41, 5.74) is 0.949. The van der Waals surface area contributed by atoms with Crippen molar-refractivity contribution in [1.82, 2.24) is 4.57 Å². The second kappa shape index (κ2) is 9.82. The van der Waals surface area contributed by atoms with Crippen LogP contribution in [0.5, 0.6) is 0 Å². The predicted octanol–water partition coefficient (Wildman–Crippen LogP) is 5.16. The molecule has 3 rings (SSSR count). The summed E-state index contributed by atoms with van der Waals surface area (Å²) in [4.78, 5) is 24.7. The Labute approximate surface area is 203 Å². The van der Waals surface area contributed by atoms with Gasteiger partial charge in [0.25, 0.3) is 10.0 Å². The average Bonchev–Trinajstić information content (AvgIpc) is 3.24. The molecule has 3 aromatic rings. The van der Waals surface area contributed by atoms with Crippen LogP contribution in [-0.2, 0) is 26.0 Å². The maximum Gasteiger partial charge on any atom is 0.418 e. The lowest BCUT2D eigenvalue weighted by atomic mass is 10.1. The number of hydrogen-bond acceptors (Lipinski definition) is 5. The van der Waals surface area contributed by atoms with Gasteiger partial charge < -0.3 is 10.1 Å². The van der Waals surface area contributed by atoms with E-state index in [1.54, 1.807) is 57.2 Å². The Kier molecular flexibility index (Phi) is 7.28. The molecule has 0 fully saturated rings. The van der Waals surface area contributed by atoms with Gasteiger partial charge >= 0.3 is 6.09 Å². The minimum absolute atomic E-state index is 0.0158. The zero-order chi connectivity index (χ0) is 25.1. The average molecular weight is 502 g/mol. The lowest BCUT2D eigenvalue weighted by Crippen LogP contribution is -2.26. The molecule has 0 aliphatic heterocycles. The molecule has 8 nitrogen and oxygen atoms in total. The number of benzene rings is 2. The Morgan fingerprint density at radius 3 is 2.50 bits per heavy atom. The van der Waals surface area contributed by atoms with Crippen LogP contribution < -0.4 is 5.32 Å². The Morgan fingerprint density at radius 2 is 1.85 bits per heavy atom. The molecular weight excluding hydrogens is 478 g/mol. The van der Waals surface area contributed by atoms with Crippen LogP contribution in [0.3, 0.4) is 0 Å². The topological polar surface area (TPSA) is 107 Å². The first-order chi connectivity index (χ1) is 15.9. The van der Waals surface area contributed by atoms with Crippen LogP contribution >= 0.6 is 11.6 Å². The molecule has 34 heavy (non-hydrogen) atoms. The fraction of sp³-hybridized carbons (Fsp3) is 0.208. The van der Waals surface area contributed by atoms with E-state index in [0.29, 0.717) is 21.7 Å². The second-order valence-corrected chi connectivity index (χ2v) is 10.5. The van der Waals surface area contributed by atoms with E-state index in [1.807, 2.05) is 0 Å². The minimum atomic E-state index is -4.12. The van der Waals surface area contributed by atoms with E-state index < -0.39 is 21.7 Å². The van der Waals surface area contributed by atoms with E-state index in [4.69, 9.17) is 16.3 Å². The summed E-state index contributed by atoms with van der Waals surface area (Å²) in [6.07, 6.45) is 2.34.